The fourth-order valence-electron chi connectivity index (χ4n) is 1.06. The van der Waals surface area contributed by atoms with Crippen molar-refractivity contribution in [1.29, 1.82) is 0 Å². The number of rotatable bonds is 7. The van der Waals surface area contributed by atoms with E-state index < -0.39 is 0 Å². The van der Waals surface area contributed by atoms with Crippen LogP contribution in [0.1, 0.15) is 19.8 Å². The molecule has 0 rings (SSSR count). The van der Waals surface area contributed by atoms with Crippen LogP contribution in [-0.2, 0) is 9.53 Å². The molecule has 0 aliphatic carbocycles. The van der Waals surface area contributed by atoms with E-state index in [4.69, 9.17) is 0 Å². The second-order valence-corrected chi connectivity index (χ2v) is 2.88. The number of esters is 1. The average Bonchev–Trinajstić information content (AvgIpc) is 2.16. The van der Waals surface area contributed by atoms with E-state index in [9.17, 15) is 4.79 Å². The van der Waals surface area contributed by atoms with Gasteiger partial charge < -0.3 is 4.74 Å². The van der Waals surface area contributed by atoms with Gasteiger partial charge in [-0.15, -0.1) is 6.58 Å². The second-order valence-electron chi connectivity index (χ2n) is 2.88. The number of methoxy groups -OCH3 is 1. The first-order valence-electron chi connectivity index (χ1n) is 4.64. The van der Waals surface area contributed by atoms with Crippen molar-refractivity contribution in [3.63, 3.8) is 0 Å². The predicted octanol–water partition coefficient (Wildman–Crippen LogP) is 1.45. The minimum absolute atomic E-state index is 0.166. The van der Waals surface area contributed by atoms with E-state index in [0.29, 0.717) is 6.54 Å². The predicted molar refractivity (Wildman–Crippen MR) is 53.6 cm³/mol. The molecule has 0 aliphatic heterocycles. The topological polar surface area (TPSA) is 29.5 Å². The Hall–Kier alpha value is -0.830. The number of hydrogen-bond donors (Lipinski definition) is 0. The molecule has 0 aliphatic rings. The van der Waals surface area contributed by atoms with Crippen LogP contribution in [-0.4, -0.2) is 37.6 Å². The molecule has 0 saturated carbocycles. The minimum atomic E-state index is -0.166. The van der Waals surface area contributed by atoms with Gasteiger partial charge in [-0.05, 0) is 25.9 Å². The highest BCUT2D eigenvalue weighted by molar-refractivity contribution is 5.71. The summed E-state index contributed by atoms with van der Waals surface area (Å²) < 4.78 is 4.59. The van der Waals surface area contributed by atoms with E-state index in [1.54, 1.807) is 0 Å². The van der Waals surface area contributed by atoms with Crippen LogP contribution >= 0.6 is 0 Å². The Morgan fingerprint density at radius 1 is 1.62 bits per heavy atom. The monoisotopic (exact) mass is 185 g/mol. The third-order valence-electron chi connectivity index (χ3n) is 1.91. The number of ether oxygens (including phenoxy) is 1. The molecule has 3 heteroatoms. The molecule has 0 unspecified atom stereocenters. The number of allylic oxidation sites excluding steroid dienone is 1. The first-order valence-corrected chi connectivity index (χ1v) is 4.64. The summed E-state index contributed by atoms with van der Waals surface area (Å²) in [5.41, 5.74) is 0. The molecule has 13 heavy (non-hydrogen) atoms. The molecule has 0 radical (unpaired) electrons. The third kappa shape index (κ3) is 6.34. The summed E-state index contributed by atoms with van der Waals surface area (Å²) in [6.45, 7) is 7.89. The van der Waals surface area contributed by atoms with Gasteiger partial charge in [-0.25, -0.2) is 0 Å². The molecule has 76 valence electrons. The van der Waals surface area contributed by atoms with Crippen LogP contribution in [0.4, 0.5) is 0 Å². The number of carbonyl (C=O) groups excluding carboxylic acids is 1. The van der Waals surface area contributed by atoms with E-state index in [0.717, 1.165) is 25.9 Å². The summed E-state index contributed by atoms with van der Waals surface area (Å²) in [6, 6.07) is 0. The van der Waals surface area contributed by atoms with Gasteiger partial charge in [-0.3, -0.25) is 9.69 Å². The highest BCUT2D eigenvalue weighted by Gasteiger charge is 2.07. The number of carbonyl (C=O) groups is 1. The maximum atomic E-state index is 10.9. The highest BCUT2D eigenvalue weighted by atomic mass is 16.5. The van der Waals surface area contributed by atoms with Crippen LogP contribution in [0.3, 0.4) is 0 Å². The quantitative estimate of drug-likeness (QED) is 0.341. The lowest BCUT2D eigenvalue weighted by Crippen LogP contribution is -2.31. The van der Waals surface area contributed by atoms with Gasteiger partial charge in [0, 0.05) is 0 Å². The smallest absolute Gasteiger partial charge is 0.319 e. The first-order chi connectivity index (χ1) is 6.24. The summed E-state index contributed by atoms with van der Waals surface area (Å²) in [4.78, 5) is 13.0. The highest BCUT2D eigenvalue weighted by Crippen LogP contribution is 1.96. The van der Waals surface area contributed by atoms with Gasteiger partial charge in [0.25, 0.3) is 0 Å². The molecule has 0 N–H and O–H groups in total. The van der Waals surface area contributed by atoms with Gasteiger partial charge >= 0.3 is 5.97 Å². The molecule has 0 bridgehead atoms. The first kappa shape index (κ1) is 12.2. The maximum Gasteiger partial charge on any atom is 0.319 e. The van der Waals surface area contributed by atoms with Crippen molar-refractivity contribution in [2.45, 2.75) is 19.8 Å². The van der Waals surface area contributed by atoms with Gasteiger partial charge in [0.15, 0.2) is 0 Å². The molecular formula is C10H19NO2. The van der Waals surface area contributed by atoms with Crippen molar-refractivity contribution in [2.24, 2.45) is 0 Å². The van der Waals surface area contributed by atoms with E-state index in [2.05, 4.69) is 16.2 Å². The lowest BCUT2D eigenvalue weighted by atomic mass is 10.3. The van der Waals surface area contributed by atoms with Gasteiger partial charge in [0.05, 0.1) is 13.7 Å². The molecule has 0 aromatic carbocycles. The van der Waals surface area contributed by atoms with Gasteiger partial charge in [0.1, 0.15) is 0 Å². The molecule has 0 heterocycles. The van der Waals surface area contributed by atoms with E-state index in [-0.39, 0.29) is 5.97 Å². The molecule has 3 nitrogen and oxygen atoms in total. The summed E-state index contributed by atoms with van der Waals surface area (Å²) >= 11 is 0. The zero-order valence-corrected chi connectivity index (χ0v) is 8.58. The molecule has 0 atom stereocenters. The van der Waals surface area contributed by atoms with E-state index in [1.165, 1.54) is 7.11 Å². The zero-order chi connectivity index (χ0) is 10.1. The molecule has 0 saturated heterocycles. The summed E-state index contributed by atoms with van der Waals surface area (Å²) in [5.74, 6) is -0.166. The van der Waals surface area contributed by atoms with Crippen molar-refractivity contribution in [2.75, 3.05) is 26.7 Å². The number of likely N-dealkylation sites (N-methyl/N-ethyl adjacent to an activating group) is 1. The molecule has 0 aromatic rings. The third-order valence-corrected chi connectivity index (χ3v) is 1.91. The van der Waals surface area contributed by atoms with Crippen LogP contribution in [0, 0.1) is 0 Å². The van der Waals surface area contributed by atoms with E-state index >= 15 is 0 Å². The fourth-order valence-corrected chi connectivity index (χ4v) is 1.06. The Morgan fingerprint density at radius 3 is 2.77 bits per heavy atom. The summed E-state index contributed by atoms with van der Waals surface area (Å²) in [7, 11) is 1.42. The number of nitrogens with zero attached hydrogens (tertiary/aromatic N) is 1. The zero-order valence-electron chi connectivity index (χ0n) is 8.58. The normalized spacial score (nSPS) is 10.1. The fraction of sp³-hybridized carbons (Fsp3) is 0.700. The van der Waals surface area contributed by atoms with Crippen molar-refractivity contribution >= 4 is 5.97 Å². The van der Waals surface area contributed by atoms with E-state index in [1.807, 2.05) is 13.0 Å². The van der Waals surface area contributed by atoms with Crippen LogP contribution in [0.2, 0.25) is 0 Å². The standard InChI is InChI=1S/C10H19NO2/c1-4-6-7-8-11(5-2)9-10(12)13-3/h4H,1,5-9H2,2-3H3. The summed E-state index contributed by atoms with van der Waals surface area (Å²) in [5, 5.41) is 0. The minimum Gasteiger partial charge on any atom is -0.468 e. The van der Waals surface area contributed by atoms with Crippen LogP contribution < -0.4 is 0 Å². The molecule has 0 spiro atoms. The average molecular weight is 185 g/mol. The van der Waals surface area contributed by atoms with Crippen LogP contribution in [0.5, 0.6) is 0 Å². The molecular weight excluding hydrogens is 166 g/mol. The number of unbranched alkanes of at least 4 members (excludes halogenated alkanes) is 1. The van der Waals surface area contributed by atoms with Crippen LogP contribution in [0.15, 0.2) is 12.7 Å². The lowest BCUT2D eigenvalue weighted by molar-refractivity contribution is -0.141. The Balaban J connectivity index is 3.62. The molecule has 0 amide bonds. The van der Waals surface area contributed by atoms with Crippen molar-refractivity contribution in [1.82, 2.24) is 4.90 Å². The van der Waals surface area contributed by atoms with Gasteiger partial charge in [-0.1, -0.05) is 13.0 Å². The lowest BCUT2D eigenvalue weighted by Gasteiger charge is -2.17. The van der Waals surface area contributed by atoms with Gasteiger partial charge in [-0.2, -0.15) is 0 Å². The van der Waals surface area contributed by atoms with Crippen molar-refractivity contribution in [3.8, 4) is 0 Å². The van der Waals surface area contributed by atoms with Gasteiger partial charge in [0.2, 0.25) is 0 Å². The SMILES string of the molecule is C=CCCCN(CC)CC(=O)OC. The Bertz CT molecular complexity index is 157. The second kappa shape index (κ2) is 7.80. The van der Waals surface area contributed by atoms with Crippen molar-refractivity contribution < 1.29 is 9.53 Å². The Kier molecular flexibility index (Phi) is 7.30. The van der Waals surface area contributed by atoms with Crippen LogP contribution in [0.25, 0.3) is 0 Å². The van der Waals surface area contributed by atoms with Crippen molar-refractivity contribution in [3.05, 3.63) is 12.7 Å². The Morgan fingerprint density at radius 2 is 2.31 bits per heavy atom. The maximum absolute atomic E-state index is 10.9. The Labute approximate surface area is 80.4 Å². The largest absolute Gasteiger partial charge is 0.468 e. The number of hydrogen-bond acceptors (Lipinski definition) is 3. The molecule has 0 fully saturated rings. The molecule has 0 aromatic heterocycles. The summed E-state index contributed by atoms with van der Waals surface area (Å²) in [6.07, 6.45) is 3.94.